The van der Waals surface area contributed by atoms with E-state index in [4.69, 9.17) is 5.11 Å². The minimum absolute atomic E-state index is 0. The molecule has 0 aromatic rings. The summed E-state index contributed by atoms with van der Waals surface area (Å²) in [5.74, 6) is 0.452. The maximum atomic E-state index is 11.0. The van der Waals surface area contributed by atoms with Gasteiger partial charge in [0.1, 0.15) is 0 Å². The molecule has 1 heterocycles. The van der Waals surface area contributed by atoms with E-state index in [-0.39, 0.29) is 11.4 Å². The number of carboxylic acids is 1. The van der Waals surface area contributed by atoms with E-state index in [0.29, 0.717) is 11.8 Å². The van der Waals surface area contributed by atoms with Crippen LogP contribution in [0.5, 0.6) is 0 Å². The Hall–Kier alpha value is -0.610. The van der Waals surface area contributed by atoms with Gasteiger partial charge in [-0.1, -0.05) is 6.42 Å². The lowest BCUT2D eigenvalue weighted by atomic mass is 9.69. The van der Waals surface area contributed by atoms with Crippen LogP contribution in [0.25, 0.3) is 0 Å². The Bertz CT molecular complexity index is 206. The quantitative estimate of drug-likeness (QED) is 0.639. The first-order valence-corrected chi connectivity index (χ1v) is 5.22. The van der Waals surface area contributed by atoms with Gasteiger partial charge in [0, 0.05) is 0 Å². The van der Waals surface area contributed by atoms with Crippen molar-refractivity contribution in [1.82, 2.24) is 5.32 Å². The van der Waals surface area contributed by atoms with Crippen molar-refractivity contribution in [2.24, 2.45) is 17.8 Å². The highest BCUT2D eigenvalue weighted by atomic mass is 16.4. The molecule has 2 aliphatic rings. The number of rotatable bonds is 1. The van der Waals surface area contributed by atoms with E-state index in [0.717, 1.165) is 32.4 Å². The number of piperidine rings is 1. The second-order valence-electron chi connectivity index (χ2n) is 4.29. The third kappa shape index (κ3) is 2.07. The van der Waals surface area contributed by atoms with Gasteiger partial charge in [0.25, 0.3) is 0 Å². The Balaban J connectivity index is 0.000000980. The molecule has 1 aliphatic carbocycles. The minimum atomic E-state index is -0.573. The molecular weight excluding hydrogens is 182 g/mol. The maximum Gasteiger partial charge on any atom is 0.306 e. The number of aliphatic carboxylic acids is 1. The fourth-order valence-electron chi connectivity index (χ4n) is 2.91. The van der Waals surface area contributed by atoms with Gasteiger partial charge in [-0.15, -0.1) is 0 Å². The summed E-state index contributed by atoms with van der Waals surface area (Å²) in [6.45, 7) is 2.04. The van der Waals surface area contributed by atoms with Gasteiger partial charge in [0.15, 0.2) is 0 Å². The monoisotopic (exact) mass is 201 g/mol. The topological polar surface area (TPSA) is 80.8 Å². The highest BCUT2D eigenvalue weighted by Gasteiger charge is 2.38. The fourth-order valence-corrected chi connectivity index (χ4v) is 2.91. The van der Waals surface area contributed by atoms with Crippen LogP contribution >= 0.6 is 0 Å². The standard InChI is InChI=1S/C10H17NO2.H2O/c12-10(13)9-3-1-2-7-6-11-5-4-8(7)9;/h7-9,11H,1-6H2,(H,12,13);1H2. The molecule has 1 saturated heterocycles. The van der Waals surface area contributed by atoms with Crippen LogP contribution in [0.2, 0.25) is 0 Å². The molecule has 3 atom stereocenters. The van der Waals surface area contributed by atoms with E-state index >= 15 is 0 Å². The van der Waals surface area contributed by atoms with Crippen LogP contribution in [0.4, 0.5) is 0 Å². The van der Waals surface area contributed by atoms with Crippen molar-refractivity contribution in [2.75, 3.05) is 13.1 Å². The number of carboxylic acid groups (broad SMARTS) is 1. The first kappa shape index (κ1) is 11.5. The van der Waals surface area contributed by atoms with Gasteiger partial charge in [-0.3, -0.25) is 4.79 Å². The molecule has 2 fully saturated rings. The van der Waals surface area contributed by atoms with Gasteiger partial charge >= 0.3 is 5.97 Å². The van der Waals surface area contributed by atoms with E-state index in [1.54, 1.807) is 0 Å². The van der Waals surface area contributed by atoms with Crippen LogP contribution in [0, 0.1) is 17.8 Å². The summed E-state index contributed by atoms with van der Waals surface area (Å²) >= 11 is 0. The first-order valence-electron chi connectivity index (χ1n) is 5.22. The van der Waals surface area contributed by atoms with Crippen molar-refractivity contribution >= 4 is 5.97 Å². The van der Waals surface area contributed by atoms with Crippen molar-refractivity contribution in [3.63, 3.8) is 0 Å². The largest absolute Gasteiger partial charge is 0.481 e. The first-order chi connectivity index (χ1) is 6.29. The molecule has 82 valence electrons. The summed E-state index contributed by atoms with van der Waals surface area (Å²) in [6, 6.07) is 0. The zero-order chi connectivity index (χ0) is 9.26. The summed E-state index contributed by atoms with van der Waals surface area (Å²) < 4.78 is 0. The third-order valence-electron chi connectivity index (χ3n) is 3.59. The van der Waals surface area contributed by atoms with E-state index in [1.807, 2.05) is 0 Å². The summed E-state index contributed by atoms with van der Waals surface area (Å²) in [6.07, 6.45) is 4.28. The summed E-state index contributed by atoms with van der Waals surface area (Å²) in [5.41, 5.74) is 0. The average molecular weight is 201 g/mol. The Morgan fingerprint density at radius 3 is 2.79 bits per heavy atom. The lowest BCUT2D eigenvalue weighted by Gasteiger charge is -2.39. The molecule has 0 bridgehead atoms. The summed E-state index contributed by atoms with van der Waals surface area (Å²) in [5, 5.41) is 12.4. The lowest BCUT2D eigenvalue weighted by Crippen LogP contribution is -2.44. The smallest absolute Gasteiger partial charge is 0.306 e. The number of fused-ring (bicyclic) bond motifs is 1. The van der Waals surface area contributed by atoms with Gasteiger partial charge in [-0.05, 0) is 44.2 Å². The Morgan fingerprint density at radius 1 is 1.29 bits per heavy atom. The van der Waals surface area contributed by atoms with Crippen LogP contribution in [0.15, 0.2) is 0 Å². The zero-order valence-corrected chi connectivity index (χ0v) is 8.33. The second kappa shape index (κ2) is 4.75. The van der Waals surface area contributed by atoms with Gasteiger partial charge in [0.05, 0.1) is 5.92 Å². The average Bonchev–Trinajstić information content (AvgIpc) is 2.17. The van der Waals surface area contributed by atoms with E-state index in [1.165, 1.54) is 6.42 Å². The Kier molecular flexibility index (Phi) is 3.89. The minimum Gasteiger partial charge on any atom is -0.481 e. The van der Waals surface area contributed by atoms with Gasteiger partial charge < -0.3 is 15.9 Å². The molecule has 3 unspecified atom stereocenters. The van der Waals surface area contributed by atoms with Gasteiger partial charge in [-0.25, -0.2) is 0 Å². The molecule has 1 aliphatic heterocycles. The Labute approximate surface area is 84.0 Å². The van der Waals surface area contributed by atoms with Crippen molar-refractivity contribution in [2.45, 2.75) is 25.7 Å². The fraction of sp³-hybridized carbons (Fsp3) is 0.900. The highest BCUT2D eigenvalue weighted by Crippen LogP contribution is 2.38. The van der Waals surface area contributed by atoms with Gasteiger partial charge in [-0.2, -0.15) is 0 Å². The molecule has 14 heavy (non-hydrogen) atoms. The normalized spacial score (nSPS) is 36.7. The molecule has 4 N–H and O–H groups in total. The molecule has 0 aromatic carbocycles. The molecular formula is C10H19NO3. The molecule has 0 aromatic heterocycles. The molecule has 4 heteroatoms. The van der Waals surface area contributed by atoms with Crippen LogP contribution < -0.4 is 5.32 Å². The molecule has 4 nitrogen and oxygen atoms in total. The van der Waals surface area contributed by atoms with Crippen molar-refractivity contribution in [1.29, 1.82) is 0 Å². The SMILES string of the molecule is O.O=C(O)C1CCCC2CNCCC21. The van der Waals surface area contributed by atoms with E-state index in [2.05, 4.69) is 5.32 Å². The second-order valence-corrected chi connectivity index (χ2v) is 4.29. The number of hydrogen-bond donors (Lipinski definition) is 2. The predicted molar refractivity (Wildman–Crippen MR) is 53.1 cm³/mol. The van der Waals surface area contributed by atoms with Crippen LogP contribution in [-0.2, 0) is 4.79 Å². The predicted octanol–water partition coefficient (Wildman–Crippen LogP) is 0.272. The Morgan fingerprint density at radius 2 is 2.07 bits per heavy atom. The number of carbonyl (C=O) groups is 1. The van der Waals surface area contributed by atoms with E-state index < -0.39 is 5.97 Å². The molecule has 0 spiro atoms. The molecule has 2 rings (SSSR count). The van der Waals surface area contributed by atoms with Crippen molar-refractivity contribution in [3.8, 4) is 0 Å². The molecule has 0 amide bonds. The maximum absolute atomic E-state index is 11.0. The van der Waals surface area contributed by atoms with Crippen molar-refractivity contribution in [3.05, 3.63) is 0 Å². The summed E-state index contributed by atoms with van der Waals surface area (Å²) in [7, 11) is 0. The zero-order valence-electron chi connectivity index (χ0n) is 8.33. The third-order valence-corrected chi connectivity index (χ3v) is 3.59. The van der Waals surface area contributed by atoms with E-state index in [9.17, 15) is 4.79 Å². The lowest BCUT2D eigenvalue weighted by molar-refractivity contribution is -0.146. The van der Waals surface area contributed by atoms with Crippen LogP contribution in [-0.4, -0.2) is 29.6 Å². The number of nitrogens with one attached hydrogen (secondary N) is 1. The molecule has 1 saturated carbocycles. The van der Waals surface area contributed by atoms with Gasteiger partial charge in [0.2, 0.25) is 0 Å². The van der Waals surface area contributed by atoms with Crippen molar-refractivity contribution < 1.29 is 15.4 Å². The van der Waals surface area contributed by atoms with Crippen LogP contribution in [0.3, 0.4) is 0 Å². The summed E-state index contributed by atoms with van der Waals surface area (Å²) in [4.78, 5) is 11.0. The number of hydrogen-bond acceptors (Lipinski definition) is 2. The molecule has 0 radical (unpaired) electrons. The highest BCUT2D eigenvalue weighted by molar-refractivity contribution is 5.70. The van der Waals surface area contributed by atoms with Crippen LogP contribution in [0.1, 0.15) is 25.7 Å².